The summed E-state index contributed by atoms with van der Waals surface area (Å²) in [7, 11) is 0. The number of hydrogen-bond acceptors (Lipinski definition) is 3. The Bertz CT molecular complexity index is 97.3. The summed E-state index contributed by atoms with van der Waals surface area (Å²) in [4.78, 5) is 4.21. The van der Waals surface area contributed by atoms with E-state index in [0.717, 1.165) is 13.1 Å². The van der Waals surface area contributed by atoms with E-state index in [4.69, 9.17) is 5.26 Å². The van der Waals surface area contributed by atoms with Crippen LogP contribution in [0.2, 0.25) is 0 Å². The number of hydrogen-bond donors (Lipinski definition) is 1. The molecule has 0 radical (unpaired) electrons. The quantitative estimate of drug-likeness (QED) is 0.461. The fourth-order valence-electron chi connectivity index (χ4n) is 0.956. The van der Waals surface area contributed by atoms with Gasteiger partial charge in [0.2, 0.25) is 0 Å². The van der Waals surface area contributed by atoms with E-state index >= 15 is 0 Å². The standard InChI is InChI=1S/C8H19NO2.2K.Zn.2H/c1-7(2)5-9(11-10)6-8(3)4;;;;;/h7-8,10H,5-6H2,1-4H3;;;;;. The first kappa shape index (κ1) is 26.4. The predicted octanol–water partition coefficient (Wildman–Crippen LogP) is 0.706. The molecule has 6 heteroatoms. The van der Waals surface area contributed by atoms with Crippen molar-refractivity contribution in [2.24, 2.45) is 11.8 Å². The van der Waals surface area contributed by atoms with Crippen LogP contribution in [0, 0.1) is 11.8 Å². The van der Waals surface area contributed by atoms with Gasteiger partial charge in [0, 0.05) is 32.6 Å². The van der Waals surface area contributed by atoms with Crippen molar-refractivity contribution in [3.63, 3.8) is 0 Å². The van der Waals surface area contributed by atoms with Crippen molar-refractivity contribution >= 4 is 103 Å². The van der Waals surface area contributed by atoms with E-state index in [2.05, 4.69) is 32.7 Å². The minimum absolute atomic E-state index is 0. The Labute approximate surface area is 186 Å². The molecule has 0 spiro atoms. The fraction of sp³-hybridized carbons (Fsp3) is 1.00. The van der Waals surface area contributed by atoms with Gasteiger partial charge in [-0.15, -0.1) is 4.99 Å². The van der Waals surface area contributed by atoms with Crippen LogP contribution in [0.3, 0.4) is 0 Å². The Hall–Kier alpha value is 3.78. The first-order valence-corrected chi connectivity index (χ1v) is 4.12. The van der Waals surface area contributed by atoms with Gasteiger partial charge < -0.3 is 0 Å². The second kappa shape index (κ2) is 16.8. The Morgan fingerprint density at radius 1 is 1.00 bits per heavy atom. The molecule has 0 unspecified atom stereocenters. The SMILES string of the molecule is CC(C)CN(CC(C)C)OO.[KH].[KH].[Zn]. The van der Waals surface area contributed by atoms with Gasteiger partial charge >= 0.3 is 103 Å². The van der Waals surface area contributed by atoms with E-state index in [0.29, 0.717) is 11.8 Å². The van der Waals surface area contributed by atoms with Gasteiger partial charge in [-0.25, -0.2) is 5.26 Å². The van der Waals surface area contributed by atoms with Gasteiger partial charge in [-0.05, 0) is 11.8 Å². The molecule has 0 rings (SSSR count). The Morgan fingerprint density at radius 3 is 1.43 bits per heavy atom. The Kier molecular flexibility index (Phi) is 31.6. The van der Waals surface area contributed by atoms with Gasteiger partial charge in [-0.3, -0.25) is 0 Å². The molecule has 0 heterocycles. The molecule has 1 N–H and O–H groups in total. The molecule has 0 fully saturated rings. The molecule has 0 atom stereocenters. The largest absolute Gasteiger partial charge is 0 e. The van der Waals surface area contributed by atoms with E-state index in [-0.39, 0.29) is 122 Å². The Balaban J connectivity index is -0.000000167. The molecule has 0 amide bonds. The average Bonchev–Trinajstić information content (AvgIpc) is 1.84. The third-order valence-electron chi connectivity index (χ3n) is 1.25. The molecular formula is C8H21K2NO2Zn. The van der Waals surface area contributed by atoms with Crippen molar-refractivity contribution < 1.29 is 29.7 Å². The summed E-state index contributed by atoms with van der Waals surface area (Å²) in [5.41, 5.74) is 0. The summed E-state index contributed by atoms with van der Waals surface area (Å²) in [6.07, 6.45) is 0. The Morgan fingerprint density at radius 2 is 1.29 bits per heavy atom. The van der Waals surface area contributed by atoms with Gasteiger partial charge in [0.05, 0.1) is 0 Å². The zero-order chi connectivity index (χ0) is 8.85. The number of nitrogens with zero attached hydrogens (tertiary/aromatic N) is 1. The van der Waals surface area contributed by atoms with E-state index in [1.54, 1.807) is 5.06 Å². The van der Waals surface area contributed by atoms with Gasteiger partial charge in [0.15, 0.2) is 0 Å². The predicted molar refractivity (Wildman–Crippen MR) is 59.3 cm³/mol. The minimum Gasteiger partial charge on any atom is 0 e. The van der Waals surface area contributed by atoms with Crippen molar-refractivity contribution in [2.45, 2.75) is 27.7 Å². The van der Waals surface area contributed by atoms with Crippen molar-refractivity contribution in [3.05, 3.63) is 0 Å². The van der Waals surface area contributed by atoms with E-state index in [1.165, 1.54) is 0 Å². The summed E-state index contributed by atoms with van der Waals surface area (Å²) < 4.78 is 0. The fourth-order valence-corrected chi connectivity index (χ4v) is 0.956. The maximum atomic E-state index is 8.45. The summed E-state index contributed by atoms with van der Waals surface area (Å²) in [5.74, 6) is 1.03. The van der Waals surface area contributed by atoms with Crippen LogP contribution >= 0.6 is 0 Å². The minimum atomic E-state index is 0. The molecule has 74 valence electrons. The molecule has 0 saturated heterocycles. The van der Waals surface area contributed by atoms with E-state index in [1.807, 2.05) is 0 Å². The molecular weight excluding hydrogens is 286 g/mol. The third-order valence-corrected chi connectivity index (χ3v) is 1.25. The number of rotatable bonds is 5. The van der Waals surface area contributed by atoms with Crippen LogP contribution in [0.1, 0.15) is 27.7 Å². The van der Waals surface area contributed by atoms with Gasteiger partial charge in [0.25, 0.3) is 0 Å². The van der Waals surface area contributed by atoms with Crippen LogP contribution < -0.4 is 0 Å². The molecule has 0 aliphatic rings. The normalized spacial score (nSPS) is 9.43. The van der Waals surface area contributed by atoms with Crippen LogP contribution in [0.15, 0.2) is 0 Å². The zero-order valence-corrected chi connectivity index (χ0v) is 11.5. The smallest absolute Gasteiger partial charge is 0 e. The topological polar surface area (TPSA) is 32.7 Å². The molecule has 0 saturated carbocycles. The maximum absolute atomic E-state index is 8.45. The van der Waals surface area contributed by atoms with Gasteiger partial charge in [-0.2, -0.15) is 5.06 Å². The van der Waals surface area contributed by atoms with Crippen LogP contribution in [0.5, 0.6) is 0 Å². The van der Waals surface area contributed by atoms with Gasteiger partial charge in [0.1, 0.15) is 0 Å². The average molecular weight is 307 g/mol. The van der Waals surface area contributed by atoms with Crippen molar-refractivity contribution in [3.8, 4) is 0 Å². The molecule has 0 aliphatic heterocycles. The second-order valence-corrected chi connectivity index (χ2v) is 3.72. The maximum Gasteiger partial charge on any atom is 0 e. The van der Waals surface area contributed by atoms with Crippen molar-refractivity contribution in [1.29, 1.82) is 0 Å². The monoisotopic (exact) mass is 305 g/mol. The van der Waals surface area contributed by atoms with Crippen molar-refractivity contribution in [1.82, 2.24) is 5.06 Å². The first-order valence-electron chi connectivity index (χ1n) is 4.12. The zero-order valence-electron chi connectivity index (χ0n) is 8.58. The molecule has 0 aromatic carbocycles. The molecule has 0 aromatic rings. The summed E-state index contributed by atoms with van der Waals surface area (Å²) >= 11 is 0. The molecule has 3 nitrogen and oxygen atoms in total. The van der Waals surface area contributed by atoms with Crippen LogP contribution in [-0.4, -0.2) is 126 Å². The van der Waals surface area contributed by atoms with Crippen molar-refractivity contribution in [2.75, 3.05) is 13.1 Å². The van der Waals surface area contributed by atoms with Crippen LogP contribution in [0.4, 0.5) is 0 Å². The molecule has 0 aliphatic carbocycles. The van der Waals surface area contributed by atoms with Crippen LogP contribution in [-0.2, 0) is 24.5 Å². The van der Waals surface area contributed by atoms with E-state index in [9.17, 15) is 0 Å². The molecule has 0 aromatic heterocycles. The summed E-state index contributed by atoms with van der Waals surface area (Å²) in [5, 5.41) is 10.0. The number of hydroxylamine groups is 2. The summed E-state index contributed by atoms with van der Waals surface area (Å²) in [6.45, 7) is 9.90. The molecule has 0 bridgehead atoms. The molecule has 14 heavy (non-hydrogen) atoms. The van der Waals surface area contributed by atoms with Gasteiger partial charge in [-0.1, -0.05) is 27.7 Å². The second-order valence-electron chi connectivity index (χ2n) is 3.72. The van der Waals surface area contributed by atoms with Crippen LogP contribution in [0.25, 0.3) is 0 Å². The third kappa shape index (κ3) is 18.1. The summed E-state index contributed by atoms with van der Waals surface area (Å²) in [6, 6.07) is 0. The van der Waals surface area contributed by atoms with E-state index < -0.39 is 0 Å². The first-order chi connectivity index (χ1) is 5.06.